The lowest BCUT2D eigenvalue weighted by Gasteiger charge is -2.25. The maximum Gasteiger partial charge on any atom is 0.393 e. The van der Waals surface area contributed by atoms with Crippen LogP contribution in [0.3, 0.4) is 0 Å². The van der Waals surface area contributed by atoms with Crippen LogP contribution in [-0.4, -0.2) is 47.2 Å². The van der Waals surface area contributed by atoms with Crippen molar-refractivity contribution >= 4 is 27.4 Å². The number of alkyl halides is 3. The highest BCUT2D eigenvalue weighted by molar-refractivity contribution is 7.18. The van der Waals surface area contributed by atoms with Crippen LogP contribution in [0.25, 0.3) is 10.2 Å². The highest BCUT2D eigenvalue weighted by Gasteiger charge is 2.44. The molecule has 1 spiro atoms. The third-order valence-electron chi connectivity index (χ3n) is 6.31. The smallest absolute Gasteiger partial charge is 0.355 e. The molecule has 9 heteroatoms. The molecule has 164 valence electrons. The largest absolute Gasteiger partial charge is 0.393 e. The second-order valence-electron chi connectivity index (χ2n) is 8.68. The minimum absolute atomic E-state index is 0.155. The van der Waals surface area contributed by atoms with E-state index in [4.69, 9.17) is 0 Å². The summed E-state index contributed by atoms with van der Waals surface area (Å²) in [5.74, 6) is 0.514. The number of thiophene rings is 1. The van der Waals surface area contributed by atoms with Crippen LogP contribution in [0.15, 0.2) is 36.7 Å². The van der Waals surface area contributed by atoms with Crippen LogP contribution in [0.2, 0.25) is 0 Å². The van der Waals surface area contributed by atoms with E-state index in [1.165, 1.54) is 18.5 Å². The van der Waals surface area contributed by atoms with Gasteiger partial charge in [-0.25, -0.2) is 14.4 Å². The number of hydrogen-bond acceptors (Lipinski definition) is 5. The molecule has 4 heterocycles. The van der Waals surface area contributed by atoms with Crippen LogP contribution in [0.5, 0.6) is 0 Å². The molecule has 0 saturated carbocycles. The summed E-state index contributed by atoms with van der Waals surface area (Å²) < 4.78 is 51.6. The van der Waals surface area contributed by atoms with E-state index in [1.807, 2.05) is 12.1 Å². The zero-order valence-electron chi connectivity index (χ0n) is 16.8. The number of rotatable bonds is 4. The van der Waals surface area contributed by atoms with Crippen LogP contribution in [0.1, 0.15) is 23.3 Å². The highest BCUT2D eigenvalue weighted by atomic mass is 32.1. The highest BCUT2D eigenvalue weighted by Crippen LogP contribution is 2.43. The summed E-state index contributed by atoms with van der Waals surface area (Å²) in [7, 11) is 0. The minimum atomic E-state index is -4.23. The number of anilines is 1. The van der Waals surface area contributed by atoms with Crippen LogP contribution in [-0.2, 0) is 13.0 Å². The number of fused-ring (bicyclic) bond motifs is 1. The Kier molecular flexibility index (Phi) is 5.13. The lowest BCUT2D eigenvalue weighted by Crippen LogP contribution is -2.31. The van der Waals surface area contributed by atoms with Crippen LogP contribution in [0.4, 0.5) is 23.4 Å². The van der Waals surface area contributed by atoms with Gasteiger partial charge in [-0.3, -0.25) is 4.90 Å². The average Bonchev–Trinajstić information content (AvgIpc) is 3.41. The molecule has 2 aromatic heterocycles. The molecule has 2 aliphatic rings. The first-order chi connectivity index (χ1) is 14.8. The molecule has 0 bridgehead atoms. The molecular weight excluding hydrogens is 428 g/mol. The standard InChI is InChI=1S/C22H22F4N4S/c23-16-3-1-15(2-4-16)11-29-7-5-21(12-29)6-8-30(13-21)19-18-9-17(10-22(24,25)26)31-20(18)28-14-27-19/h1-4,9,14H,5-8,10-13H2/t21-/m0/s1. The molecule has 0 unspecified atom stereocenters. The summed E-state index contributed by atoms with van der Waals surface area (Å²) in [6.45, 7) is 4.41. The number of nitrogens with zero attached hydrogens (tertiary/aromatic N) is 4. The maximum absolute atomic E-state index is 13.2. The van der Waals surface area contributed by atoms with Crippen molar-refractivity contribution in [1.29, 1.82) is 0 Å². The molecule has 3 aromatic rings. The van der Waals surface area contributed by atoms with Crippen LogP contribution >= 0.6 is 11.3 Å². The second-order valence-corrected chi connectivity index (χ2v) is 9.79. The molecule has 0 amide bonds. The quantitative estimate of drug-likeness (QED) is 0.522. The Labute approximate surface area is 181 Å². The monoisotopic (exact) mass is 450 g/mol. The Bertz CT molecular complexity index is 1080. The third kappa shape index (κ3) is 4.39. The molecule has 0 radical (unpaired) electrons. The van der Waals surface area contributed by atoms with Gasteiger partial charge in [-0.2, -0.15) is 13.2 Å². The van der Waals surface area contributed by atoms with E-state index >= 15 is 0 Å². The topological polar surface area (TPSA) is 32.3 Å². The molecule has 1 atom stereocenters. The van der Waals surface area contributed by atoms with Crippen molar-refractivity contribution < 1.29 is 17.6 Å². The van der Waals surface area contributed by atoms with Crippen molar-refractivity contribution in [2.75, 3.05) is 31.1 Å². The number of hydrogen-bond donors (Lipinski definition) is 0. The van der Waals surface area contributed by atoms with E-state index in [9.17, 15) is 17.6 Å². The predicted octanol–water partition coefficient (Wildman–Crippen LogP) is 5.04. The first-order valence-electron chi connectivity index (χ1n) is 10.3. The normalized spacial score (nSPS) is 22.3. The first-order valence-corrected chi connectivity index (χ1v) is 11.1. The van der Waals surface area contributed by atoms with Crippen molar-refractivity contribution in [3.8, 4) is 0 Å². The number of likely N-dealkylation sites (tertiary alicyclic amines) is 1. The Hall–Kier alpha value is -2.26. The van der Waals surface area contributed by atoms with Gasteiger partial charge in [0.25, 0.3) is 0 Å². The van der Waals surface area contributed by atoms with Gasteiger partial charge < -0.3 is 4.90 Å². The molecule has 1 aromatic carbocycles. The van der Waals surface area contributed by atoms with Gasteiger partial charge >= 0.3 is 6.18 Å². The fourth-order valence-corrected chi connectivity index (χ4v) is 5.91. The average molecular weight is 451 g/mol. The van der Waals surface area contributed by atoms with E-state index in [-0.39, 0.29) is 16.1 Å². The molecule has 2 fully saturated rings. The third-order valence-corrected chi connectivity index (χ3v) is 7.35. The van der Waals surface area contributed by atoms with E-state index < -0.39 is 12.6 Å². The molecule has 2 aliphatic heterocycles. The van der Waals surface area contributed by atoms with E-state index in [2.05, 4.69) is 19.8 Å². The second kappa shape index (κ2) is 7.70. The van der Waals surface area contributed by atoms with Crippen molar-refractivity contribution in [2.24, 2.45) is 5.41 Å². The molecule has 5 rings (SSSR count). The Balaban J connectivity index is 1.30. The van der Waals surface area contributed by atoms with Gasteiger partial charge in [-0.05, 0) is 43.1 Å². The lowest BCUT2D eigenvalue weighted by atomic mass is 9.86. The van der Waals surface area contributed by atoms with Gasteiger partial charge in [-0.1, -0.05) is 12.1 Å². The fraction of sp³-hybridized carbons (Fsp3) is 0.455. The zero-order chi connectivity index (χ0) is 21.6. The van der Waals surface area contributed by atoms with Crippen LogP contribution < -0.4 is 4.90 Å². The molecule has 2 saturated heterocycles. The van der Waals surface area contributed by atoms with Gasteiger partial charge in [0.2, 0.25) is 0 Å². The van der Waals surface area contributed by atoms with Gasteiger partial charge in [0, 0.05) is 36.5 Å². The first kappa shape index (κ1) is 20.6. The van der Waals surface area contributed by atoms with E-state index in [1.54, 1.807) is 6.07 Å². The number of benzene rings is 1. The molecule has 31 heavy (non-hydrogen) atoms. The predicted molar refractivity (Wildman–Crippen MR) is 113 cm³/mol. The van der Waals surface area contributed by atoms with Crippen molar-refractivity contribution in [2.45, 2.75) is 32.0 Å². The Morgan fingerprint density at radius 2 is 1.81 bits per heavy atom. The summed E-state index contributed by atoms with van der Waals surface area (Å²) in [5.41, 5.74) is 1.25. The Morgan fingerprint density at radius 1 is 1.03 bits per heavy atom. The summed E-state index contributed by atoms with van der Waals surface area (Å²) in [6, 6.07) is 8.24. The van der Waals surface area contributed by atoms with Crippen LogP contribution in [0, 0.1) is 11.2 Å². The van der Waals surface area contributed by atoms with Gasteiger partial charge in [0.1, 0.15) is 22.8 Å². The zero-order valence-corrected chi connectivity index (χ0v) is 17.6. The summed E-state index contributed by atoms with van der Waals surface area (Å²) in [6.07, 6.45) is -1.62. The van der Waals surface area contributed by atoms with Gasteiger partial charge in [-0.15, -0.1) is 11.3 Å². The van der Waals surface area contributed by atoms with E-state index in [0.29, 0.717) is 10.2 Å². The van der Waals surface area contributed by atoms with Crippen molar-refractivity contribution in [3.05, 3.63) is 52.9 Å². The van der Waals surface area contributed by atoms with Crippen molar-refractivity contribution in [1.82, 2.24) is 14.9 Å². The van der Waals surface area contributed by atoms with E-state index in [0.717, 1.165) is 68.3 Å². The Morgan fingerprint density at radius 3 is 2.58 bits per heavy atom. The molecular formula is C22H22F4N4S. The maximum atomic E-state index is 13.2. The minimum Gasteiger partial charge on any atom is -0.355 e. The summed E-state index contributed by atoms with van der Waals surface area (Å²) in [4.78, 5) is 14.1. The van der Waals surface area contributed by atoms with Gasteiger partial charge in [0.05, 0.1) is 11.8 Å². The number of aromatic nitrogens is 2. The fourth-order valence-electron chi connectivity index (χ4n) is 4.89. The van der Waals surface area contributed by atoms with Gasteiger partial charge in [0.15, 0.2) is 0 Å². The molecule has 4 nitrogen and oxygen atoms in total. The summed E-state index contributed by atoms with van der Waals surface area (Å²) in [5, 5.41) is 0.713. The summed E-state index contributed by atoms with van der Waals surface area (Å²) >= 11 is 1.09. The molecule has 0 aliphatic carbocycles. The lowest BCUT2D eigenvalue weighted by molar-refractivity contribution is -0.126. The number of halogens is 4. The van der Waals surface area contributed by atoms with Crippen molar-refractivity contribution in [3.63, 3.8) is 0 Å². The SMILES string of the molecule is Fc1ccc(CN2CC[C@]3(CCN(c4ncnc5sc(CC(F)(F)F)cc45)C3)C2)cc1. The molecule has 0 N–H and O–H groups in total.